The standard InChI is InChI=1S/C18H26N2O3/c1-13-11-20(12-14(2)19-13)18(21)7-5-15-4-6-16-17(10-15)23-9-3-8-22-16/h4,6,10,13-14,19H,3,5,7-9,11-12H2,1-2H3. The number of hydrogen-bond donors (Lipinski definition) is 1. The van der Waals surface area contributed by atoms with Crippen LogP contribution >= 0.6 is 0 Å². The molecule has 0 spiro atoms. The van der Waals surface area contributed by atoms with Crippen LogP contribution in [0.5, 0.6) is 11.5 Å². The average Bonchev–Trinajstić information content (AvgIpc) is 2.76. The van der Waals surface area contributed by atoms with Crippen molar-refractivity contribution in [2.75, 3.05) is 26.3 Å². The highest BCUT2D eigenvalue weighted by Crippen LogP contribution is 2.30. The number of amides is 1. The Morgan fingerprint density at radius 1 is 1.17 bits per heavy atom. The van der Waals surface area contributed by atoms with Gasteiger partial charge < -0.3 is 19.7 Å². The van der Waals surface area contributed by atoms with Crippen molar-refractivity contribution in [1.82, 2.24) is 10.2 Å². The first kappa shape index (κ1) is 16.1. The van der Waals surface area contributed by atoms with Crippen LogP contribution in [0.4, 0.5) is 0 Å². The zero-order valence-corrected chi connectivity index (χ0v) is 14.0. The van der Waals surface area contributed by atoms with Crippen LogP contribution in [0.25, 0.3) is 0 Å². The van der Waals surface area contributed by atoms with Crippen molar-refractivity contribution in [3.63, 3.8) is 0 Å². The lowest BCUT2D eigenvalue weighted by Crippen LogP contribution is -2.55. The third kappa shape index (κ3) is 4.16. The molecule has 1 amide bonds. The van der Waals surface area contributed by atoms with Crippen LogP contribution in [-0.2, 0) is 11.2 Å². The number of ether oxygens (including phenoxy) is 2. The molecule has 0 bridgehead atoms. The number of nitrogens with zero attached hydrogens (tertiary/aromatic N) is 1. The first-order chi connectivity index (χ1) is 11.1. The summed E-state index contributed by atoms with van der Waals surface area (Å²) in [5.41, 5.74) is 1.12. The summed E-state index contributed by atoms with van der Waals surface area (Å²) < 4.78 is 11.4. The van der Waals surface area contributed by atoms with Crippen LogP contribution < -0.4 is 14.8 Å². The highest BCUT2D eigenvalue weighted by molar-refractivity contribution is 5.76. The largest absolute Gasteiger partial charge is 0.490 e. The van der Waals surface area contributed by atoms with E-state index in [9.17, 15) is 4.79 Å². The maximum absolute atomic E-state index is 12.4. The number of benzene rings is 1. The Balaban J connectivity index is 1.57. The van der Waals surface area contributed by atoms with E-state index in [-0.39, 0.29) is 5.91 Å². The van der Waals surface area contributed by atoms with Crippen molar-refractivity contribution in [1.29, 1.82) is 0 Å². The fraction of sp³-hybridized carbons (Fsp3) is 0.611. The molecule has 2 unspecified atom stereocenters. The van der Waals surface area contributed by atoms with Gasteiger partial charge in [0, 0.05) is 38.0 Å². The minimum absolute atomic E-state index is 0.234. The topological polar surface area (TPSA) is 50.8 Å². The van der Waals surface area contributed by atoms with E-state index in [2.05, 4.69) is 19.2 Å². The lowest BCUT2D eigenvalue weighted by molar-refractivity contribution is -0.132. The van der Waals surface area contributed by atoms with E-state index in [0.29, 0.717) is 31.7 Å². The predicted molar refractivity (Wildman–Crippen MR) is 89.0 cm³/mol. The molecule has 2 aliphatic rings. The van der Waals surface area contributed by atoms with Crippen LogP contribution in [0, 0.1) is 0 Å². The molecule has 1 aromatic carbocycles. The van der Waals surface area contributed by atoms with E-state index < -0.39 is 0 Å². The van der Waals surface area contributed by atoms with E-state index in [0.717, 1.165) is 43.0 Å². The minimum atomic E-state index is 0.234. The molecule has 2 atom stereocenters. The van der Waals surface area contributed by atoms with Gasteiger partial charge in [0.05, 0.1) is 13.2 Å². The predicted octanol–water partition coefficient (Wildman–Crippen LogP) is 1.99. The molecule has 23 heavy (non-hydrogen) atoms. The quantitative estimate of drug-likeness (QED) is 0.926. The van der Waals surface area contributed by atoms with Gasteiger partial charge in [-0.2, -0.15) is 0 Å². The molecular formula is C18H26N2O3. The van der Waals surface area contributed by atoms with Gasteiger partial charge >= 0.3 is 0 Å². The third-order valence-corrected chi connectivity index (χ3v) is 4.35. The Kier molecular flexibility index (Phi) is 5.06. The normalized spacial score (nSPS) is 24.2. The lowest BCUT2D eigenvalue weighted by atomic mass is 10.1. The van der Waals surface area contributed by atoms with E-state index in [1.54, 1.807) is 0 Å². The fourth-order valence-corrected chi connectivity index (χ4v) is 3.30. The minimum Gasteiger partial charge on any atom is -0.490 e. The number of hydrogen-bond acceptors (Lipinski definition) is 4. The van der Waals surface area contributed by atoms with Crippen LogP contribution in [-0.4, -0.2) is 49.2 Å². The third-order valence-electron chi connectivity index (χ3n) is 4.35. The van der Waals surface area contributed by atoms with E-state index in [1.807, 2.05) is 23.1 Å². The number of rotatable bonds is 3. The molecule has 3 rings (SSSR count). The summed E-state index contributed by atoms with van der Waals surface area (Å²) in [5.74, 6) is 1.84. The van der Waals surface area contributed by atoms with Gasteiger partial charge in [-0.1, -0.05) is 6.07 Å². The molecule has 0 aliphatic carbocycles. The number of piperazine rings is 1. The molecule has 0 radical (unpaired) electrons. The van der Waals surface area contributed by atoms with Crippen molar-refractivity contribution in [3.05, 3.63) is 23.8 Å². The van der Waals surface area contributed by atoms with Crippen molar-refractivity contribution in [2.45, 2.75) is 45.2 Å². The maximum Gasteiger partial charge on any atom is 0.223 e. The molecule has 1 fully saturated rings. The zero-order chi connectivity index (χ0) is 16.2. The SMILES string of the molecule is CC1CN(C(=O)CCc2ccc3c(c2)OCCCO3)CC(C)N1. The summed E-state index contributed by atoms with van der Waals surface area (Å²) in [5, 5.41) is 3.45. The van der Waals surface area contributed by atoms with Gasteiger partial charge in [-0.25, -0.2) is 0 Å². The Morgan fingerprint density at radius 2 is 1.87 bits per heavy atom. The monoisotopic (exact) mass is 318 g/mol. The Labute approximate surface area is 137 Å². The van der Waals surface area contributed by atoms with E-state index >= 15 is 0 Å². The van der Waals surface area contributed by atoms with Gasteiger partial charge in [-0.3, -0.25) is 4.79 Å². The molecule has 1 saturated heterocycles. The molecule has 2 heterocycles. The van der Waals surface area contributed by atoms with Crippen LogP contribution in [0.1, 0.15) is 32.3 Å². The molecule has 0 aromatic heterocycles. The van der Waals surface area contributed by atoms with Gasteiger partial charge in [0.25, 0.3) is 0 Å². The molecule has 2 aliphatic heterocycles. The summed E-state index contributed by atoms with van der Waals surface area (Å²) in [6.45, 7) is 7.23. The summed E-state index contributed by atoms with van der Waals surface area (Å²) in [6.07, 6.45) is 2.18. The first-order valence-corrected chi connectivity index (χ1v) is 8.54. The van der Waals surface area contributed by atoms with Gasteiger partial charge in [0.15, 0.2) is 11.5 Å². The van der Waals surface area contributed by atoms with Crippen LogP contribution in [0.15, 0.2) is 18.2 Å². The van der Waals surface area contributed by atoms with E-state index in [4.69, 9.17) is 9.47 Å². The Hall–Kier alpha value is -1.75. The second kappa shape index (κ2) is 7.21. The lowest BCUT2D eigenvalue weighted by Gasteiger charge is -2.36. The van der Waals surface area contributed by atoms with Gasteiger partial charge in [-0.05, 0) is 38.0 Å². The van der Waals surface area contributed by atoms with Crippen LogP contribution in [0.2, 0.25) is 0 Å². The first-order valence-electron chi connectivity index (χ1n) is 8.54. The highest BCUT2D eigenvalue weighted by atomic mass is 16.5. The molecule has 1 aromatic rings. The summed E-state index contributed by atoms with van der Waals surface area (Å²) in [4.78, 5) is 14.4. The fourth-order valence-electron chi connectivity index (χ4n) is 3.30. The van der Waals surface area contributed by atoms with E-state index in [1.165, 1.54) is 0 Å². The maximum atomic E-state index is 12.4. The number of carbonyl (C=O) groups is 1. The van der Waals surface area contributed by atoms with Gasteiger partial charge in [0.1, 0.15) is 0 Å². The smallest absolute Gasteiger partial charge is 0.223 e. The highest BCUT2D eigenvalue weighted by Gasteiger charge is 2.24. The van der Waals surface area contributed by atoms with Crippen molar-refractivity contribution in [2.24, 2.45) is 0 Å². The zero-order valence-electron chi connectivity index (χ0n) is 14.0. The Morgan fingerprint density at radius 3 is 2.61 bits per heavy atom. The van der Waals surface area contributed by atoms with Gasteiger partial charge in [-0.15, -0.1) is 0 Å². The second-order valence-electron chi connectivity index (χ2n) is 6.60. The number of carbonyl (C=O) groups excluding carboxylic acids is 1. The molecule has 5 nitrogen and oxygen atoms in total. The summed E-state index contributed by atoms with van der Waals surface area (Å²) in [6, 6.07) is 6.72. The average molecular weight is 318 g/mol. The molecule has 5 heteroatoms. The number of nitrogens with one attached hydrogen (secondary N) is 1. The van der Waals surface area contributed by atoms with Crippen molar-refractivity contribution >= 4 is 5.91 Å². The summed E-state index contributed by atoms with van der Waals surface area (Å²) >= 11 is 0. The summed E-state index contributed by atoms with van der Waals surface area (Å²) in [7, 11) is 0. The molecule has 1 N–H and O–H groups in total. The molecule has 0 saturated carbocycles. The molecule has 126 valence electrons. The second-order valence-corrected chi connectivity index (χ2v) is 6.60. The molecular weight excluding hydrogens is 292 g/mol. The van der Waals surface area contributed by atoms with Crippen LogP contribution in [0.3, 0.4) is 0 Å². The van der Waals surface area contributed by atoms with Crippen molar-refractivity contribution < 1.29 is 14.3 Å². The number of fused-ring (bicyclic) bond motifs is 1. The van der Waals surface area contributed by atoms with Crippen molar-refractivity contribution in [3.8, 4) is 11.5 Å². The van der Waals surface area contributed by atoms with Gasteiger partial charge in [0.2, 0.25) is 5.91 Å². The Bertz CT molecular complexity index is 551. The number of aryl methyl sites for hydroxylation is 1.